The maximum atomic E-state index is 11.6. The number of likely N-dealkylation sites (N-methyl/N-ethyl adjacent to an activating group) is 1. The molecule has 4 heteroatoms. The van der Waals surface area contributed by atoms with Crippen molar-refractivity contribution in [2.75, 3.05) is 20.1 Å². The molecule has 1 aromatic heterocycles. The van der Waals surface area contributed by atoms with Gasteiger partial charge >= 0.3 is 0 Å². The lowest BCUT2D eigenvalue weighted by Crippen LogP contribution is -2.32. The maximum Gasteiger partial charge on any atom is 0.252 e. The quantitative estimate of drug-likeness (QED) is 0.770. The minimum atomic E-state index is -0.0340. The fraction of sp³-hybridized carbons (Fsp3) is 0.583. The van der Waals surface area contributed by atoms with Crippen molar-refractivity contribution in [2.45, 2.75) is 25.3 Å². The number of H-pyrrole nitrogens is 1. The number of likely N-dealkylation sites (tertiary alicyclic amines) is 1. The third-order valence-corrected chi connectivity index (χ3v) is 3.30. The summed E-state index contributed by atoms with van der Waals surface area (Å²) in [6.07, 6.45) is 2.35. The molecule has 0 bridgehead atoms. The number of nitrogens with one attached hydrogen (secondary N) is 1. The van der Waals surface area contributed by atoms with Crippen LogP contribution in [0.15, 0.2) is 16.9 Å². The molecule has 1 aliphatic heterocycles. The fourth-order valence-corrected chi connectivity index (χ4v) is 2.34. The average Bonchev–Trinajstić information content (AvgIpc) is 2.29. The SMILES string of the molecule is CN1CCCC(c2ccc(CN)c(=O)[nH]2)C1. The van der Waals surface area contributed by atoms with Crippen molar-refractivity contribution >= 4 is 0 Å². The third-order valence-electron chi connectivity index (χ3n) is 3.30. The molecule has 0 amide bonds. The van der Waals surface area contributed by atoms with Crippen LogP contribution < -0.4 is 11.3 Å². The lowest BCUT2D eigenvalue weighted by molar-refractivity contribution is 0.248. The van der Waals surface area contributed by atoms with Gasteiger partial charge in [-0.05, 0) is 32.5 Å². The zero-order valence-electron chi connectivity index (χ0n) is 9.70. The molecule has 1 aliphatic rings. The molecule has 2 heterocycles. The summed E-state index contributed by atoms with van der Waals surface area (Å²) in [6.45, 7) is 2.49. The van der Waals surface area contributed by atoms with Crippen molar-refractivity contribution in [1.82, 2.24) is 9.88 Å². The number of hydrogen-bond acceptors (Lipinski definition) is 3. The molecule has 1 saturated heterocycles. The minimum absolute atomic E-state index is 0.0340. The lowest BCUT2D eigenvalue weighted by Gasteiger charge is -2.29. The van der Waals surface area contributed by atoms with Crippen molar-refractivity contribution in [2.24, 2.45) is 5.73 Å². The summed E-state index contributed by atoms with van der Waals surface area (Å²) in [4.78, 5) is 16.9. The second-order valence-corrected chi connectivity index (χ2v) is 4.57. The van der Waals surface area contributed by atoms with Crippen LogP contribution >= 0.6 is 0 Å². The molecule has 0 aromatic carbocycles. The van der Waals surface area contributed by atoms with Crippen LogP contribution in [0.2, 0.25) is 0 Å². The normalized spacial score (nSPS) is 22.2. The van der Waals surface area contributed by atoms with Gasteiger partial charge in [-0.2, -0.15) is 0 Å². The molecule has 4 nitrogen and oxygen atoms in total. The van der Waals surface area contributed by atoms with Gasteiger partial charge in [0.1, 0.15) is 0 Å². The molecule has 2 rings (SSSR count). The molecule has 0 spiro atoms. The summed E-state index contributed by atoms with van der Waals surface area (Å²) < 4.78 is 0. The van der Waals surface area contributed by atoms with E-state index in [4.69, 9.17) is 5.73 Å². The van der Waals surface area contributed by atoms with E-state index >= 15 is 0 Å². The van der Waals surface area contributed by atoms with Gasteiger partial charge in [0.25, 0.3) is 5.56 Å². The second kappa shape index (κ2) is 4.80. The Bertz CT molecular complexity index is 413. The molecule has 1 fully saturated rings. The maximum absolute atomic E-state index is 11.6. The Kier molecular flexibility index (Phi) is 3.41. The number of aromatic amines is 1. The van der Waals surface area contributed by atoms with Gasteiger partial charge in [0.05, 0.1) is 0 Å². The largest absolute Gasteiger partial charge is 0.326 e. The van der Waals surface area contributed by atoms with Crippen LogP contribution in [0.5, 0.6) is 0 Å². The first-order valence-corrected chi connectivity index (χ1v) is 5.81. The molecule has 0 radical (unpaired) electrons. The van der Waals surface area contributed by atoms with E-state index in [-0.39, 0.29) is 5.56 Å². The van der Waals surface area contributed by atoms with Gasteiger partial charge in [-0.3, -0.25) is 4.79 Å². The van der Waals surface area contributed by atoms with Crippen molar-refractivity contribution in [1.29, 1.82) is 0 Å². The summed E-state index contributed by atoms with van der Waals surface area (Å²) in [7, 11) is 2.12. The van der Waals surface area contributed by atoms with Crippen LogP contribution in [0.4, 0.5) is 0 Å². The molecule has 88 valence electrons. The molecular weight excluding hydrogens is 202 g/mol. The van der Waals surface area contributed by atoms with Gasteiger partial charge in [0, 0.05) is 30.3 Å². The van der Waals surface area contributed by atoms with E-state index in [0.29, 0.717) is 18.0 Å². The summed E-state index contributed by atoms with van der Waals surface area (Å²) >= 11 is 0. The second-order valence-electron chi connectivity index (χ2n) is 4.57. The molecule has 1 atom stereocenters. The molecule has 0 saturated carbocycles. The van der Waals surface area contributed by atoms with Crippen molar-refractivity contribution in [3.05, 3.63) is 33.7 Å². The van der Waals surface area contributed by atoms with E-state index in [1.165, 1.54) is 6.42 Å². The van der Waals surface area contributed by atoms with Crippen LogP contribution in [0.25, 0.3) is 0 Å². The molecule has 16 heavy (non-hydrogen) atoms. The lowest BCUT2D eigenvalue weighted by atomic mass is 9.94. The van der Waals surface area contributed by atoms with Gasteiger partial charge in [0.2, 0.25) is 0 Å². The van der Waals surface area contributed by atoms with E-state index < -0.39 is 0 Å². The Morgan fingerprint density at radius 1 is 1.56 bits per heavy atom. The van der Waals surface area contributed by atoms with Crippen molar-refractivity contribution in [3.8, 4) is 0 Å². The fourth-order valence-electron chi connectivity index (χ4n) is 2.34. The van der Waals surface area contributed by atoms with E-state index in [9.17, 15) is 4.79 Å². The monoisotopic (exact) mass is 221 g/mol. The first-order valence-electron chi connectivity index (χ1n) is 5.81. The van der Waals surface area contributed by atoms with E-state index in [2.05, 4.69) is 16.9 Å². The Labute approximate surface area is 95.5 Å². The van der Waals surface area contributed by atoms with Gasteiger partial charge in [-0.25, -0.2) is 0 Å². The van der Waals surface area contributed by atoms with Crippen LogP contribution in [0, 0.1) is 0 Å². The number of piperidine rings is 1. The van der Waals surface area contributed by atoms with Crippen LogP contribution in [0.1, 0.15) is 30.0 Å². The van der Waals surface area contributed by atoms with Crippen LogP contribution in [-0.2, 0) is 6.54 Å². The summed E-state index contributed by atoms with van der Waals surface area (Å²) in [6, 6.07) is 3.86. The number of rotatable bonds is 2. The summed E-state index contributed by atoms with van der Waals surface area (Å²) in [5, 5.41) is 0. The van der Waals surface area contributed by atoms with E-state index in [0.717, 1.165) is 25.2 Å². The highest BCUT2D eigenvalue weighted by molar-refractivity contribution is 5.17. The minimum Gasteiger partial charge on any atom is -0.326 e. The zero-order valence-corrected chi connectivity index (χ0v) is 9.70. The Hall–Kier alpha value is -1.13. The number of aromatic nitrogens is 1. The van der Waals surface area contributed by atoms with Crippen LogP contribution in [0.3, 0.4) is 0 Å². The summed E-state index contributed by atoms with van der Waals surface area (Å²) in [5.41, 5.74) is 7.15. The predicted molar refractivity (Wildman–Crippen MR) is 64.4 cm³/mol. The highest BCUT2D eigenvalue weighted by Crippen LogP contribution is 2.23. The van der Waals surface area contributed by atoms with Crippen molar-refractivity contribution in [3.63, 3.8) is 0 Å². The number of nitrogens with zero attached hydrogens (tertiary/aromatic N) is 1. The Morgan fingerprint density at radius 2 is 2.38 bits per heavy atom. The first-order chi connectivity index (χ1) is 7.70. The number of nitrogens with two attached hydrogens (primary N) is 1. The van der Waals surface area contributed by atoms with E-state index in [1.807, 2.05) is 12.1 Å². The third kappa shape index (κ3) is 2.33. The molecular formula is C12H19N3O. The summed E-state index contributed by atoms with van der Waals surface area (Å²) in [5.74, 6) is 0.457. The van der Waals surface area contributed by atoms with Gasteiger partial charge in [-0.1, -0.05) is 6.07 Å². The number of pyridine rings is 1. The van der Waals surface area contributed by atoms with Gasteiger partial charge < -0.3 is 15.6 Å². The first kappa shape index (κ1) is 11.4. The predicted octanol–water partition coefficient (Wildman–Crippen LogP) is 0.643. The molecule has 0 aliphatic carbocycles. The van der Waals surface area contributed by atoms with Gasteiger partial charge in [-0.15, -0.1) is 0 Å². The average molecular weight is 221 g/mol. The standard InChI is InChI=1S/C12H19N3O/c1-15-6-2-3-10(8-15)11-5-4-9(7-13)12(16)14-11/h4-5,10H,2-3,6-8,13H2,1H3,(H,14,16). The topological polar surface area (TPSA) is 62.1 Å². The highest BCUT2D eigenvalue weighted by Gasteiger charge is 2.19. The zero-order chi connectivity index (χ0) is 11.5. The van der Waals surface area contributed by atoms with Crippen molar-refractivity contribution < 1.29 is 0 Å². The number of hydrogen-bond donors (Lipinski definition) is 2. The Morgan fingerprint density at radius 3 is 3.00 bits per heavy atom. The Balaban J connectivity index is 2.20. The van der Waals surface area contributed by atoms with E-state index in [1.54, 1.807) is 0 Å². The molecule has 1 aromatic rings. The smallest absolute Gasteiger partial charge is 0.252 e. The van der Waals surface area contributed by atoms with Gasteiger partial charge in [0.15, 0.2) is 0 Å². The molecule has 1 unspecified atom stereocenters. The molecule has 3 N–H and O–H groups in total. The van der Waals surface area contributed by atoms with Crippen LogP contribution in [-0.4, -0.2) is 30.0 Å². The highest BCUT2D eigenvalue weighted by atomic mass is 16.1.